The van der Waals surface area contributed by atoms with Crippen molar-refractivity contribution in [1.82, 2.24) is 0 Å². The summed E-state index contributed by atoms with van der Waals surface area (Å²) in [7, 11) is 0. The van der Waals surface area contributed by atoms with Crippen LogP contribution >= 0.6 is 0 Å². The van der Waals surface area contributed by atoms with Crippen LogP contribution in [0.5, 0.6) is 0 Å². The standard InChI is InChI=1S/C12H14F3N3O/c13-12(14,15)9-5-8(16)1-2-10(9)18-4-3-7(6-18)11(17)19/h1-2,5,7H,3-4,6,16H2,(H2,17,19). The fourth-order valence-electron chi connectivity index (χ4n) is 2.27. The molecule has 19 heavy (non-hydrogen) atoms. The van der Waals surface area contributed by atoms with Crippen molar-refractivity contribution in [2.24, 2.45) is 11.7 Å². The van der Waals surface area contributed by atoms with Crippen molar-refractivity contribution < 1.29 is 18.0 Å². The van der Waals surface area contributed by atoms with Crippen LogP contribution in [0.4, 0.5) is 24.5 Å². The van der Waals surface area contributed by atoms with Crippen LogP contribution in [0.3, 0.4) is 0 Å². The van der Waals surface area contributed by atoms with Crippen LogP contribution in [0.15, 0.2) is 18.2 Å². The minimum absolute atomic E-state index is 0.0467. The number of hydrogen-bond acceptors (Lipinski definition) is 3. The molecule has 1 amide bonds. The smallest absolute Gasteiger partial charge is 0.399 e. The number of hydrogen-bond donors (Lipinski definition) is 2. The number of anilines is 2. The highest BCUT2D eigenvalue weighted by Crippen LogP contribution is 2.39. The van der Waals surface area contributed by atoms with Gasteiger partial charge in [-0.25, -0.2) is 0 Å². The zero-order chi connectivity index (χ0) is 14.2. The number of carbonyl (C=O) groups excluding carboxylic acids is 1. The molecule has 1 atom stereocenters. The van der Waals surface area contributed by atoms with Crippen LogP contribution < -0.4 is 16.4 Å². The summed E-state index contributed by atoms with van der Waals surface area (Å²) in [5, 5.41) is 0. The van der Waals surface area contributed by atoms with Crippen LogP contribution in [-0.4, -0.2) is 19.0 Å². The van der Waals surface area contributed by atoms with Gasteiger partial charge in [-0.2, -0.15) is 13.2 Å². The Bertz CT molecular complexity index is 501. The molecule has 0 bridgehead atoms. The zero-order valence-corrected chi connectivity index (χ0v) is 10.1. The van der Waals surface area contributed by atoms with Crippen LogP contribution in [-0.2, 0) is 11.0 Å². The summed E-state index contributed by atoms with van der Waals surface area (Å²) in [6.07, 6.45) is -4.01. The predicted octanol–water partition coefficient (Wildman–Crippen LogP) is 1.60. The van der Waals surface area contributed by atoms with E-state index in [1.807, 2.05) is 0 Å². The average molecular weight is 273 g/mol. The summed E-state index contributed by atoms with van der Waals surface area (Å²) < 4.78 is 38.9. The Labute approximate surface area is 108 Å². The number of primary amides is 1. The van der Waals surface area contributed by atoms with Crippen molar-refractivity contribution in [3.63, 3.8) is 0 Å². The van der Waals surface area contributed by atoms with E-state index in [1.165, 1.54) is 17.0 Å². The Morgan fingerprint density at radius 1 is 1.37 bits per heavy atom. The maximum absolute atomic E-state index is 13.0. The fraction of sp³-hybridized carbons (Fsp3) is 0.417. The molecule has 1 aliphatic rings. The summed E-state index contributed by atoms with van der Waals surface area (Å²) in [6.45, 7) is 0.586. The number of carbonyl (C=O) groups is 1. The van der Waals surface area contributed by atoms with Gasteiger partial charge in [-0.15, -0.1) is 0 Å². The molecule has 1 aliphatic heterocycles. The molecule has 4 nitrogen and oxygen atoms in total. The van der Waals surface area contributed by atoms with Crippen LogP contribution in [0.25, 0.3) is 0 Å². The molecule has 0 saturated carbocycles. The fourth-order valence-corrected chi connectivity index (χ4v) is 2.27. The molecule has 0 aliphatic carbocycles. The number of nitrogens with zero attached hydrogens (tertiary/aromatic N) is 1. The van der Waals surface area contributed by atoms with E-state index in [0.29, 0.717) is 13.0 Å². The van der Waals surface area contributed by atoms with E-state index in [9.17, 15) is 18.0 Å². The van der Waals surface area contributed by atoms with Crippen molar-refractivity contribution >= 4 is 17.3 Å². The van der Waals surface area contributed by atoms with Crippen LogP contribution in [0.2, 0.25) is 0 Å². The van der Waals surface area contributed by atoms with Gasteiger partial charge >= 0.3 is 6.18 Å². The third-order valence-corrected chi connectivity index (χ3v) is 3.26. The van der Waals surface area contributed by atoms with Gasteiger partial charge in [-0.1, -0.05) is 0 Å². The molecule has 1 unspecified atom stereocenters. The van der Waals surface area contributed by atoms with Gasteiger partial charge in [0, 0.05) is 24.5 Å². The predicted molar refractivity (Wildman–Crippen MR) is 65.4 cm³/mol. The molecule has 1 aromatic carbocycles. The summed E-state index contributed by atoms with van der Waals surface area (Å²) in [5.74, 6) is -0.884. The molecular formula is C12H14F3N3O. The van der Waals surface area contributed by atoms with Crippen molar-refractivity contribution in [1.29, 1.82) is 0 Å². The van der Waals surface area contributed by atoms with Gasteiger partial charge in [0.15, 0.2) is 0 Å². The second-order valence-corrected chi connectivity index (χ2v) is 4.61. The Balaban J connectivity index is 2.33. The van der Waals surface area contributed by atoms with Crippen molar-refractivity contribution in [2.45, 2.75) is 12.6 Å². The molecule has 1 heterocycles. The Kier molecular flexibility index (Phi) is 3.30. The Morgan fingerprint density at radius 3 is 2.58 bits per heavy atom. The molecule has 4 N–H and O–H groups in total. The first kappa shape index (κ1) is 13.5. The molecule has 1 fully saturated rings. The van der Waals surface area contributed by atoms with Gasteiger partial charge < -0.3 is 16.4 Å². The van der Waals surface area contributed by atoms with Gasteiger partial charge in [0.1, 0.15) is 0 Å². The first-order valence-corrected chi connectivity index (χ1v) is 5.80. The topological polar surface area (TPSA) is 72.4 Å². The number of amides is 1. The van der Waals surface area contributed by atoms with Crippen LogP contribution in [0.1, 0.15) is 12.0 Å². The number of benzene rings is 1. The Morgan fingerprint density at radius 2 is 2.05 bits per heavy atom. The lowest BCUT2D eigenvalue weighted by molar-refractivity contribution is -0.137. The highest BCUT2D eigenvalue weighted by atomic mass is 19.4. The molecule has 104 valence electrons. The molecule has 7 heteroatoms. The van der Waals surface area contributed by atoms with Crippen LogP contribution in [0, 0.1) is 5.92 Å². The lowest BCUT2D eigenvalue weighted by Crippen LogP contribution is -2.28. The van der Waals surface area contributed by atoms with E-state index in [-0.39, 0.29) is 17.9 Å². The second kappa shape index (κ2) is 4.64. The van der Waals surface area contributed by atoms with E-state index >= 15 is 0 Å². The second-order valence-electron chi connectivity index (χ2n) is 4.61. The summed E-state index contributed by atoms with van der Waals surface area (Å²) >= 11 is 0. The number of halogens is 3. The van der Waals surface area contributed by atoms with Gasteiger partial charge in [0.2, 0.25) is 5.91 Å². The molecule has 1 aromatic rings. The molecule has 0 aromatic heterocycles. The van der Waals surface area contributed by atoms with Gasteiger partial charge in [0.25, 0.3) is 0 Å². The maximum Gasteiger partial charge on any atom is 0.418 e. The van der Waals surface area contributed by atoms with Gasteiger partial charge in [-0.3, -0.25) is 4.79 Å². The highest BCUT2D eigenvalue weighted by molar-refractivity contribution is 5.78. The third-order valence-electron chi connectivity index (χ3n) is 3.26. The minimum Gasteiger partial charge on any atom is -0.399 e. The lowest BCUT2D eigenvalue weighted by Gasteiger charge is -2.23. The Hall–Kier alpha value is -1.92. The van der Waals surface area contributed by atoms with Gasteiger partial charge in [-0.05, 0) is 24.6 Å². The monoisotopic (exact) mass is 273 g/mol. The highest BCUT2D eigenvalue weighted by Gasteiger charge is 2.37. The number of nitrogen functional groups attached to an aromatic ring is 1. The largest absolute Gasteiger partial charge is 0.418 e. The van der Waals surface area contributed by atoms with Crippen molar-refractivity contribution in [2.75, 3.05) is 23.7 Å². The minimum atomic E-state index is -4.48. The van der Waals surface area contributed by atoms with E-state index < -0.39 is 23.6 Å². The number of alkyl halides is 3. The SMILES string of the molecule is NC(=O)C1CCN(c2ccc(N)cc2C(F)(F)F)C1. The maximum atomic E-state index is 13.0. The summed E-state index contributed by atoms with van der Waals surface area (Å²) in [6, 6.07) is 3.66. The van der Waals surface area contributed by atoms with E-state index in [1.54, 1.807) is 0 Å². The first-order valence-electron chi connectivity index (χ1n) is 5.80. The van der Waals surface area contributed by atoms with Crippen molar-refractivity contribution in [3.8, 4) is 0 Å². The summed E-state index contributed by atoms with van der Waals surface area (Å²) in [4.78, 5) is 12.6. The normalized spacial score (nSPS) is 19.7. The quantitative estimate of drug-likeness (QED) is 0.804. The van der Waals surface area contributed by atoms with E-state index in [0.717, 1.165) is 6.07 Å². The molecule has 0 spiro atoms. The summed E-state index contributed by atoms with van der Waals surface area (Å²) in [5.41, 5.74) is 9.91. The van der Waals surface area contributed by atoms with Crippen molar-refractivity contribution in [3.05, 3.63) is 23.8 Å². The molecule has 2 rings (SSSR count). The molecule has 0 radical (unpaired) electrons. The molecule has 1 saturated heterocycles. The van der Waals surface area contributed by atoms with E-state index in [4.69, 9.17) is 11.5 Å². The number of nitrogens with two attached hydrogens (primary N) is 2. The first-order chi connectivity index (χ1) is 8.79. The van der Waals surface area contributed by atoms with Gasteiger partial charge in [0.05, 0.1) is 11.5 Å². The zero-order valence-electron chi connectivity index (χ0n) is 10.1. The molecular weight excluding hydrogens is 259 g/mol. The lowest BCUT2D eigenvalue weighted by atomic mass is 10.1. The number of rotatable bonds is 2. The average Bonchev–Trinajstić information content (AvgIpc) is 2.77. The third kappa shape index (κ3) is 2.74. The van der Waals surface area contributed by atoms with E-state index in [2.05, 4.69) is 0 Å².